The molecule has 1 aliphatic carbocycles. The van der Waals surface area contributed by atoms with E-state index in [4.69, 9.17) is 20.3 Å². The maximum Gasteiger partial charge on any atom is 0.251 e. The normalized spacial score (nSPS) is 27.8. The van der Waals surface area contributed by atoms with Gasteiger partial charge in [0.2, 0.25) is 0 Å². The summed E-state index contributed by atoms with van der Waals surface area (Å²) in [6.07, 6.45) is 4.31. The van der Waals surface area contributed by atoms with Crippen molar-refractivity contribution in [3.05, 3.63) is 34.7 Å². The van der Waals surface area contributed by atoms with E-state index in [-0.39, 0.29) is 24.2 Å². The van der Waals surface area contributed by atoms with E-state index in [1.807, 2.05) is 0 Å². The van der Waals surface area contributed by atoms with Crippen molar-refractivity contribution in [2.24, 2.45) is 5.73 Å². The number of fused-ring (bicyclic) bond motifs is 4. The van der Waals surface area contributed by atoms with E-state index in [9.17, 15) is 9.90 Å². The van der Waals surface area contributed by atoms with E-state index >= 15 is 0 Å². The first-order chi connectivity index (χ1) is 13.4. The molecule has 2 aromatic rings. The Bertz CT molecular complexity index is 888. The molecule has 4 N–H and O–H groups in total. The lowest BCUT2D eigenvalue weighted by molar-refractivity contribution is -0.204. The fraction of sp³-hybridized carbons (Fsp3) is 0.600. The molecule has 3 aliphatic rings. The zero-order valence-electron chi connectivity index (χ0n) is 15.8. The highest BCUT2D eigenvalue weighted by atomic mass is 16.5. The number of aliphatic hydroxyl groups is 2. The molecule has 28 heavy (non-hydrogen) atoms. The SMILES string of the molecule is NC12CCC(C(O)Cn3c(=O)ccc4ncc(OCCCO)cc43)(CC1)OC2. The quantitative estimate of drug-likeness (QED) is 0.592. The highest BCUT2D eigenvalue weighted by molar-refractivity contribution is 5.75. The van der Waals surface area contributed by atoms with Crippen LogP contribution in [0.25, 0.3) is 11.0 Å². The maximum absolute atomic E-state index is 12.6. The molecule has 0 spiro atoms. The minimum atomic E-state index is -0.820. The van der Waals surface area contributed by atoms with Crippen molar-refractivity contribution in [2.75, 3.05) is 19.8 Å². The van der Waals surface area contributed by atoms with Gasteiger partial charge < -0.3 is 30.0 Å². The standard InChI is InChI=1S/C20H27N3O5/c21-19-4-6-20(7-5-19,28-13-19)17(25)12-23-16-10-14(27-9-1-8-24)11-22-15(16)2-3-18(23)26/h2-3,10-11,17,24-25H,1,4-9,12-13,21H2. The van der Waals surface area contributed by atoms with Gasteiger partial charge in [-0.3, -0.25) is 9.78 Å². The summed E-state index contributed by atoms with van der Waals surface area (Å²) in [6.45, 7) is 0.972. The minimum Gasteiger partial charge on any atom is -0.492 e. The third kappa shape index (κ3) is 3.53. The van der Waals surface area contributed by atoms with Crippen LogP contribution in [0.1, 0.15) is 32.1 Å². The van der Waals surface area contributed by atoms with Gasteiger partial charge >= 0.3 is 0 Å². The largest absolute Gasteiger partial charge is 0.492 e. The van der Waals surface area contributed by atoms with Gasteiger partial charge in [0.25, 0.3) is 5.56 Å². The van der Waals surface area contributed by atoms with Crippen LogP contribution >= 0.6 is 0 Å². The Morgan fingerprint density at radius 1 is 1.32 bits per heavy atom. The summed E-state index contributed by atoms with van der Waals surface area (Å²) >= 11 is 0. The predicted octanol–water partition coefficient (Wildman–Crippen LogP) is 0.559. The molecule has 0 aromatic carbocycles. The highest BCUT2D eigenvalue weighted by Gasteiger charge is 2.51. The average Bonchev–Trinajstić information content (AvgIpc) is 2.71. The first-order valence-corrected chi connectivity index (χ1v) is 9.79. The molecule has 2 aliphatic heterocycles. The summed E-state index contributed by atoms with van der Waals surface area (Å²) in [5.41, 5.74) is 6.39. The van der Waals surface area contributed by atoms with Gasteiger partial charge in [0.15, 0.2) is 0 Å². The number of rotatable bonds is 7. The number of hydrogen-bond acceptors (Lipinski definition) is 7. The first-order valence-electron chi connectivity index (χ1n) is 9.79. The van der Waals surface area contributed by atoms with Gasteiger partial charge in [-0.05, 0) is 31.7 Å². The van der Waals surface area contributed by atoms with Gasteiger partial charge in [-0.15, -0.1) is 0 Å². The molecule has 152 valence electrons. The number of hydrogen-bond donors (Lipinski definition) is 3. The Morgan fingerprint density at radius 3 is 2.79 bits per heavy atom. The van der Waals surface area contributed by atoms with Gasteiger partial charge in [0.1, 0.15) is 11.9 Å². The van der Waals surface area contributed by atoms with Crippen molar-refractivity contribution in [3.8, 4) is 5.75 Å². The van der Waals surface area contributed by atoms with Crippen molar-refractivity contribution in [1.82, 2.24) is 9.55 Å². The topological polar surface area (TPSA) is 120 Å². The number of nitrogens with zero attached hydrogens (tertiary/aromatic N) is 2. The van der Waals surface area contributed by atoms with Crippen LogP contribution < -0.4 is 16.0 Å². The molecule has 4 heterocycles. The molecule has 8 heteroatoms. The van der Waals surface area contributed by atoms with Crippen molar-refractivity contribution >= 4 is 11.0 Å². The zero-order chi connectivity index (χ0) is 19.8. The monoisotopic (exact) mass is 389 g/mol. The molecule has 1 unspecified atom stereocenters. The van der Waals surface area contributed by atoms with E-state index in [1.54, 1.807) is 18.3 Å². The fourth-order valence-electron chi connectivity index (χ4n) is 4.19. The van der Waals surface area contributed by atoms with Crippen molar-refractivity contribution in [1.29, 1.82) is 0 Å². The summed E-state index contributed by atoms with van der Waals surface area (Å²) in [4.78, 5) is 16.9. The molecule has 1 atom stereocenters. The van der Waals surface area contributed by atoms with Gasteiger partial charge in [-0.2, -0.15) is 0 Å². The van der Waals surface area contributed by atoms with Gasteiger partial charge in [-0.25, -0.2) is 0 Å². The van der Waals surface area contributed by atoms with Gasteiger partial charge in [-0.1, -0.05) is 0 Å². The highest BCUT2D eigenvalue weighted by Crippen LogP contribution is 2.44. The minimum absolute atomic E-state index is 0.0457. The molecule has 2 aromatic heterocycles. The smallest absolute Gasteiger partial charge is 0.251 e. The molecule has 0 radical (unpaired) electrons. The summed E-state index contributed by atoms with van der Waals surface area (Å²) < 4.78 is 13.1. The molecule has 1 saturated carbocycles. The Hall–Kier alpha value is -2.00. The van der Waals surface area contributed by atoms with E-state index in [0.717, 1.165) is 12.8 Å². The third-order valence-electron chi connectivity index (χ3n) is 6.09. The Labute approximate surface area is 162 Å². The average molecular weight is 389 g/mol. The van der Waals surface area contributed by atoms with Crippen LogP contribution in [0.2, 0.25) is 0 Å². The Kier molecular flexibility index (Phi) is 5.13. The van der Waals surface area contributed by atoms with Gasteiger partial charge in [0, 0.05) is 30.7 Å². The number of nitrogens with two attached hydrogens (primary N) is 1. The van der Waals surface area contributed by atoms with Crippen LogP contribution in [0.5, 0.6) is 5.75 Å². The van der Waals surface area contributed by atoms with E-state index < -0.39 is 11.7 Å². The van der Waals surface area contributed by atoms with Crippen molar-refractivity contribution < 1.29 is 19.7 Å². The number of ether oxygens (including phenoxy) is 2. The van der Waals surface area contributed by atoms with Crippen molar-refractivity contribution in [2.45, 2.75) is 55.9 Å². The van der Waals surface area contributed by atoms with E-state index in [1.165, 1.54) is 10.6 Å². The van der Waals surface area contributed by atoms with Gasteiger partial charge in [0.05, 0.1) is 42.6 Å². The maximum atomic E-state index is 12.6. The lowest BCUT2D eigenvalue weighted by atomic mass is 9.69. The van der Waals surface area contributed by atoms with Crippen LogP contribution in [0.3, 0.4) is 0 Å². The molecule has 0 amide bonds. The molecule has 3 fully saturated rings. The summed E-state index contributed by atoms with van der Waals surface area (Å²) in [6, 6.07) is 4.87. The summed E-state index contributed by atoms with van der Waals surface area (Å²) in [7, 11) is 0. The Balaban J connectivity index is 1.61. The number of aliphatic hydroxyl groups excluding tert-OH is 2. The molecule has 2 saturated heterocycles. The fourth-order valence-corrected chi connectivity index (χ4v) is 4.19. The molecular formula is C20H27N3O5. The third-order valence-corrected chi connectivity index (χ3v) is 6.09. The summed E-state index contributed by atoms with van der Waals surface area (Å²) in [5, 5.41) is 19.9. The summed E-state index contributed by atoms with van der Waals surface area (Å²) in [5.74, 6) is 0.521. The van der Waals surface area contributed by atoms with E-state index in [2.05, 4.69) is 4.98 Å². The van der Waals surface area contributed by atoms with Crippen LogP contribution in [0.4, 0.5) is 0 Å². The molecule has 8 nitrogen and oxygen atoms in total. The molecule has 5 rings (SSSR count). The number of pyridine rings is 2. The second kappa shape index (κ2) is 7.44. The first kappa shape index (κ1) is 19.3. The lowest BCUT2D eigenvalue weighted by Crippen LogP contribution is -2.64. The number of aromatic nitrogens is 2. The van der Waals surface area contributed by atoms with Crippen LogP contribution in [-0.4, -0.2) is 56.8 Å². The van der Waals surface area contributed by atoms with Crippen molar-refractivity contribution in [3.63, 3.8) is 0 Å². The Morgan fingerprint density at radius 2 is 2.11 bits per heavy atom. The molecular weight excluding hydrogens is 362 g/mol. The van der Waals surface area contributed by atoms with E-state index in [0.29, 0.717) is 49.3 Å². The predicted molar refractivity (Wildman–Crippen MR) is 103 cm³/mol. The van der Waals surface area contributed by atoms with Crippen LogP contribution in [0.15, 0.2) is 29.2 Å². The zero-order valence-corrected chi connectivity index (χ0v) is 15.8. The van der Waals surface area contributed by atoms with Crippen LogP contribution in [-0.2, 0) is 11.3 Å². The molecule has 2 bridgehead atoms. The second-order valence-electron chi connectivity index (χ2n) is 8.01. The lowest BCUT2D eigenvalue weighted by Gasteiger charge is -2.53. The van der Waals surface area contributed by atoms with Crippen LogP contribution in [0, 0.1) is 0 Å². The second-order valence-corrected chi connectivity index (χ2v) is 8.01.